The van der Waals surface area contributed by atoms with Crippen molar-refractivity contribution in [3.8, 4) is 5.75 Å². The lowest BCUT2D eigenvalue weighted by Gasteiger charge is -2.30. The van der Waals surface area contributed by atoms with Crippen LogP contribution >= 0.6 is 0 Å². The summed E-state index contributed by atoms with van der Waals surface area (Å²) in [5.41, 5.74) is 0.425. The first kappa shape index (κ1) is 25.4. The Bertz CT molecular complexity index is 1150. The van der Waals surface area contributed by atoms with Crippen molar-refractivity contribution in [2.24, 2.45) is 5.92 Å². The van der Waals surface area contributed by atoms with Crippen LogP contribution < -0.4 is 4.74 Å². The number of nitrogens with zero attached hydrogens (tertiary/aromatic N) is 1. The van der Waals surface area contributed by atoms with Gasteiger partial charge < -0.3 is 14.2 Å². The Labute approximate surface area is 198 Å². The number of piperidine rings is 1. The minimum atomic E-state index is -3.93. The average Bonchev–Trinajstić information content (AvgIpc) is 2.86. The van der Waals surface area contributed by atoms with Crippen LogP contribution in [0, 0.1) is 5.92 Å². The summed E-state index contributed by atoms with van der Waals surface area (Å²) in [6, 6.07) is 12.7. The maximum atomic E-state index is 13.1. The molecule has 0 aromatic heterocycles. The predicted molar refractivity (Wildman–Crippen MR) is 122 cm³/mol. The molecule has 0 atom stereocenters. The molecule has 1 fully saturated rings. The second-order valence-corrected chi connectivity index (χ2v) is 9.64. The van der Waals surface area contributed by atoms with Crippen molar-refractivity contribution in [1.29, 1.82) is 0 Å². The van der Waals surface area contributed by atoms with Gasteiger partial charge in [0, 0.05) is 13.1 Å². The quantitative estimate of drug-likeness (QED) is 0.300. The van der Waals surface area contributed by atoms with Gasteiger partial charge in [0.1, 0.15) is 19.0 Å². The molecule has 0 bridgehead atoms. The van der Waals surface area contributed by atoms with Crippen molar-refractivity contribution >= 4 is 27.7 Å². The molecule has 0 unspecified atom stereocenters. The Hall–Kier alpha value is -3.24. The third kappa shape index (κ3) is 5.81. The zero-order valence-electron chi connectivity index (χ0n) is 19.1. The van der Waals surface area contributed by atoms with Crippen LogP contribution in [0.3, 0.4) is 0 Å². The van der Waals surface area contributed by atoms with Crippen LogP contribution in [0.25, 0.3) is 0 Å². The highest BCUT2D eigenvalue weighted by molar-refractivity contribution is 7.89. The second kappa shape index (κ2) is 11.3. The molecule has 0 spiro atoms. The lowest BCUT2D eigenvalue weighted by molar-refractivity contribution is -0.150. The highest BCUT2D eigenvalue weighted by Crippen LogP contribution is 2.27. The van der Waals surface area contributed by atoms with Crippen molar-refractivity contribution in [3.63, 3.8) is 0 Å². The Balaban J connectivity index is 1.52. The van der Waals surface area contributed by atoms with Crippen LogP contribution in [0.1, 0.15) is 40.5 Å². The van der Waals surface area contributed by atoms with E-state index in [9.17, 15) is 22.8 Å². The molecular weight excluding hydrogens is 462 g/mol. The zero-order chi connectivity index (χ0) is 24.7. The van der Waals surface area contributed by atoms with Gasteiger partial charge in [-0.1, -0.05) is 24.3 Å². The fraction of sp³-hybridized carbons (Fsp3) is 0.375. The summed E-state index contributed by atoms with van der Waals surface area (Å²) in [6.07, 6.45) is 0.596. The number of carbonyl (C=O) groups excluding carboxylic acids is 3. The number of methoxy groups -OCH3 is 1. The van der Waals surface area contributed by atoms with Gasteiger partial charge in [-0.15, -0.1) is 0 Å². The minimum Gasteiger partial charge on any atom is -0.489 e. The predicted octanol–water partition coefficient (Wildman–Crippen LogP) is 2.70. The lowest BCUT2D eigenvalue weighted by atomic mass is 9.98. The molecule has 34 heavy (non-hydrogen) atoms. The first-order valence-electron chi connectivity index (χ1n) is 10.8. The van der Waals surface area contributed by atoms with Crippen LogP contribution in [0.5, 0.6) is 5.75 Å². The van der Waals surface area contributed by atoms with E-state index in [1.807, 2.05) is 0 Å². The number of carbonyl (C=O) groups is 3. The van der Waals surface area contributed by atoms with E-state index in [1.54, 1.807) is 36.4 Å². The van der Waals surface area contributed by atoms with Gasteiger partial charge in [-0.2, -0.15) is 4.31 Å². The number of hydrogen-bond acceptors (Lipinski definition) is 8. The number of Topliss-reactive ketones (excluding diaryl/α,β-unsaturated/α-hetero) is 1. The third-order valence-electron chi connectivity index (χ3n) is 5.55. The van der Waals surface area contributed by atoms with Crippen LogP contribution in [0.2, 0.25) is 0 Å². The smallest absolute Gasteiger partial charge is 0.339 e. The molecule has 0 aliphatic carbocycles. The molecule has 1 saturated heterocycles. The minimum absolute atomic E-state index is 0.0100. The maximum Gasteiger partial charge on any atom is 0.339 e. The van der Waals surface area contributed by atoms with Gasteiger partial charge in [-0.25, -0.2) is 13.2 Å². The molecule has 3 rings (SSSR count). The Morgan fingerprint density at radius 1 is 0.941 bits per heavy atom. The first-order valence-corrected chi connectivity index (χ1v) is 12.3. The molecule has 1 aliphatic heterocycles. The van der Waals surface area contributed by atoms with Gasteiger partial charge in [0.25, 0.3) is 0 Å². The van der Waals surface area contributed by atoms with E-state index in [2.05, 4.69) is 0 Å². The standard InChI is InChI=1S/C24H27NO8S/c1-17(26)19-7-3-5-9-21(19)32-15-16-33-23(27)18-11-13-25(14-12-18)34(29,30)22-10-6-4-8-20(22)24(28)31-2/h3-10,18H,11-16H2,1-2H3. The Morgan fingerprint density at radius 3 is 2.21 bits per heavy atom. The summed E-state index contributed by atoms with van der Waals surface area (Å²) in [5.74, 6) is -1.28. The zero-order valence-corrected chi connectivity index (χ0v) is 19.9. The van der Waals surface area contributed by atoms with E-state index in [0.717, 1.165) is 0 Å². The van der Waals surface area contributed by atoms with E-state index in [-0.39, 0.29) is 42.5 Å². The van der Waals surface area contributed by atoms with Crippen LogP contribution in [-0.2, 0) is 24.3 Å². The van der Waals surface area contributed by atoms with E-state index in [1.165, 1.54) is 30.5 Å². The summed E-state index contributed by atoms with van der Waals surface area (Å²) in [4.78, 5) is 35.9. The van der Waals surface area contributed by atoms with E-state index < -0.39 is 27.9 Å². The highest BCUT2D eigenvalue weighted by atomic mass is 32.2. The van der Waals surface area contributed by atoms with Crippen LogP contribution in [0.15, 0.2) is 53.4 Å². The number of para-hydroxylation sites is 1. The maximum absolute atomic E-state index is 13.1. The number of esters is 2. The molecule has 0 saturated carbocycles. The lowest BCUT2D eigenvalue weighted by Crippen LogP contribution is -2.41. The number of sulfonamides is 1. The fourth-order valence-corrected chi connectivity index (χ4v) is 5.39. The van der Waals surface area contributed by atoms with Crippen molar-refractivity contribution in [3.05, 3.63) is 59.7 Å². The summed E-state index contributed by atoms with van der Waals surface area (Å²) in [6.45, 7) is 1.80. The summed E-state index contributed by atoms with van der Waals surface area (Å²) >= 11 is 0. The molecule has 1 aliphatic rings. The Morgan fingerprint density at radius 2 is 1.56 bits per heavy atom. The number of rotatable bonds is 9. The molecule has 1 heterocycles. The van der Waals surface area contributed by atoms with Gasteiger partial charge in [0.15, 0.2) is 5.78 Å². The first-order chi connectivity index (χ1) is 16.3. The summed E-state index contributed by atoms with van der Waals surface area (Å²) in [5, 5.41) is 0. The van der Waals surface area contributed by atoms with Gasteiger partial charge in [0.2, 0.25) is 10.0 Å². The third-order valence-corrected chi connectivity index (χ3v) is 7.51. The van der Waals surface area contributed by atoms with Crippen LogP contribution in [-0.4, -0.2) is 63.9 Å². The molecule has 0 N–H and O–H groups in total. The summed E-state index contributed by atoms with van der Waals surface area (Å²) in [7, 11) is -2.74. The van der Waals surface area contributed by atoms with Crippen LogP contribution in [0.4, 0.5) is 0 Å². The number of ether oxygens (including phenoxy) is 3. The normalized spacial score (nSPS) is 14.9. The number of benzene rings is 2. The van der Waals surface area contributed by atoms with E-state index >= 15 is 0 Å². The number of hydrogen-bond donors (Lipinski definition) is 0. The second-order valence-electron chi connectivity index (χ2n) is 7.73. The number of ketones is 1. The summed E-state index contributed by atoms with van der Waals surface area (Å²) < 4.78 is 43.0. The molecule has 2 aromatic rings. The molecule has 182 valence electrons. The molecule has 9 nitrogen and oxygen atoms in total. The molecule has 2 aromatic carbocycles. The average molecular weight is 490 g/mol. The largest absolute Gasteiger partial charge is 0.489 e. The van der Waals surface area contributed by atoms with Crippen molar-refractivity contribution < 1.29 is 37.0 Å². The highest BCUT2D eigenvalue weighted by Gasteiger charge is 2.34. The molecule has 0 amide bonds. The van der Waals surface area contributed by atoms with Crippen molar-refractivity contribution in [1.82, 2.24) is 4.31 Å². The van der Waals surface area contributed by atoms with Gasteiger partial charge in [0.05, 0.1) is 29.1 Å². The van der Waals surface area contributed by atoms with Gasteiger partial charge in [-0.05, 0) is 44.0 Å². The monoisotopic (exact) mass is 489 g/mol. The fourth-order valence-electron chi connectivity index (χ4n) is 3.74. The molecular formula is C24H27NO8S. The van der Waals surface area contributed by atoms with Gasteiger partial charge in [-0.3, -0.25) is 9.59 Å². The van der Waals surface area contributed by atoms with Gasteiger partial charge >= 0.3 is 11.9 Å². The molecule has 10 heteroatoms. The van der Waals surface area contributed by atoms with Crippen molar-refractivity contribution in [2.45, 2.75) is 24.7 Å². The Kier molecular flexibility index (Phi) is 8.41. The van der Waals surface area contributed by atoms with E-state index in [0.29, 0.717) is 24.2 Å². The SMILES string of the molecule is COC(=O)c1ccccc1S(=O)(=O)N1CCC(C(=O)OCCOc2ccccc2C(C)=O)CC1. The topological polar surface area (TPSA) is 116 Å². The van der Waals surface area contributed by atoms with E-state index in [4.69, 9.17) is 14.2 Å². The molecule has 0 radical (unpaired) electrons. The van der Waals surface area contributed by atoms with Crippen molar-refractivity contribution in [2.75, 3.05) is 33.4 Å².